The van der Waals surface area contributed by atoms with Crippen molar-refractivity contribution >= 4 is 5.69 Å². The number of hydrogen-bond acceptors (Lipinski definition) is 5. The van der Waals surface area contributed by atoms with Gasteiger partial charge >= 0.3 is 0 Å². The highest BCUT2D eigenvalue weighted by Crippen LogP contribution is 2.23. The van der Waals surface area contributed by atoms with Gasteiger partial charge in [0.15, 0.2) is 0 Å². The Morgan fingerprint density at radius 2 is 1.62 bits per heavy atom. The van der Waals surface area contributed by atoms with Crippen LogP contribution < -0.4 is 14.4 Å². The molecule has 1 fully saturated rings. The summed E-state index contributed by atoms with van der Waals surface area (Å²) in [7, 11) is 3.33. The minimum atomic E-state index is -0.454. The molecule has 26 heavy (non-hydrogen) atoms. The molecule has 0 saturated carbocycles. The fraction of sp³-hybridized carbons (Fsp3) is 0.429. The fourth-order valence-corrected chi connectivity index (χ4v) is 3.34. The van der Waals surface area contributed by atoms with Crippen molar-refractivity contribution in [2.45, 2.75) is 12.5 Å². The molecule has 1 aliphatic heterocycles. The van der Waals surface area contributed by atoms with Gasteiger partial charge in [0.1, 0.15) is 11.5 Å². The zero-order chi connectivity index (χ0) is 18.4. The maximum Gasteiger partial charge on any atom is 0.119 e. The van der Waals surface area contributed by atoms with Gasteiger partial charge in [0.2, 0.25) is 0 Å². The molecule has 2 aromatic carbocycles. The molecule has 0 amide bonds. The van der Waals surface area contributed by atoms with Gasteiger partial charge in [-0.3, -0.25) is 4.90 Å². The van der Waals surface area contributed by atoms with Gasteiger partial charge in [-0.05, 0) is 48.4 Å². The first-order valence-corrected chi connectivity index (χ1v) is 9.13. The lowest BCUT2D eigenvalue weighted by molar-refractivity contribution is 0.139. The molecule has 0 bridgehead atoms. The summed E-state index contributed by atoms with van der Waals surface area (Å²) >= 11 is 0. The molecule has 5 nitrogen and oxygen atoms in total. The van der Waals surface area contributed by atoms with E-state index in [0.29, 0.717) is 0 Å². The van der Waals surface area contributed by atoms with Crippen molar-refractivity contribution in [3.8, 4) is 11.5 Å². The molecular formula is C21H28N2O3. The molecule has 140 valence electrons. The molecule has 1 saturated heterocycles. The van der Waals surface area contributed by atoms with Gasteiger partial charge in [0.25, 0.3) is 0 Å². The summed E-state index contributed by atoms with van der Waals surface area (Å²) in [5.74, 6) is 1.67. The Labute approximate surface area is 155 Å². The second-order valence-electron chi connectivity index (χ2n) is 6.61. The first-order valence-electron chi connectivity index (χ1n) is 9.13. The van der Waals surface area contributed by atoms with Crippen molar-refractivity contribution in [1.82, 2.24) is 4.90 Å². The number of piperazine rings is 1. The lowest BCUT2D eigenvalue weighted by atomic mass is 10.1. The van der Waals surface area contributed by atoms with Crippen LogP contribution in [0.15, 0.2) is 48.5 Å². The predicted octanol–water partition coefficient (Wildman–Crippen LogP) is 2.95. The summed E-state index contributed by atoms with van der Waals surface area (Å²) < 4.78 is 10.5. The van der Waals surface area contributed by atoms with E-state index in [2.05, 4.69) is 21.9 Å². The third-order valence-electron chi connectivity index (χ3n) is 5.01. The molecule has 5 heteroatoms. The van der Waals surface area contributed by atoms with E-state index < -0.39 is 6.10 Å². The molecule has 1 unspecified atom stereocenters. The minimum Gasteiger partial charge on any atom is -0.497 e. The van der Waals surface area contributed by atoms with E-state index in [-0.39, 0.29) is 0 Å². The molecule has 2 aromatic rings. The average molecular weight is 356 g/mol. The Morgan fingerprint density at radius 3 is 2.27 bits per heavy atom. The van der Waals surface area contributed by atoms with Gasteiger partial charge in [-0.25, -0.2) is 0 Å². The Bertz CT molecular complexity index is 682. The molecule has 1 heterocycles. The van der Waals surface area contributed by atoms with Gasteiger partial charge in [-0.1, -0.05) is 12.1 Å². The van der Waals surface area contributed by atoms with Crippen molar-refractivity contribution in [3.63, 3.8) is 0 Å². The number of nitrogens with zero attached hydrogens (tertiary/aromatic N) is 2. The molecule has 0 aliphatic carbocycles. The number of anilines is 1. The van der Waals surface area contributed by atoms with E-state index in [9.17, 15) is 5.11 Å². The zero-order valence-electron chi connectivity index (χ0n) is 15.6. The Kier molecular flexibility index (Phi) is 6.36. The van der Waals surface area contributed by atoms with Gasteiger partial charge < -0.3 is 19.5 Å². The monoisotopic (exact) mass is 356 g/mol. The molecule has 0 spiro atoms. The van der Waals surface area contributed by atoms with Gasteiger partial charge in [0, 0.05) is 38.4 Å². The van der Waals surface area contributed by atoms with Crippen molar-refractivity contribution in [2.24, 2.45) is 0 Å². The van der Waals surface area contributed by atoms with Crippen LogP contribution in [0.2, 0.25) is 0 Å². The average Bonchev–Trinajstić information content (AvgIpc) is 2.72. The summed E-state index contributed by atoms with van der Waals surface area (Å²) in [6.45, 7) is 4.92. The van der Waals surface area contributed by atoms with Crippen LogP contribution in [0, 0.1) is 0 Å². The highest BCUT2D eigenvalue weighted by atomic mass is 16.5. The van der Waals surface area contributed by atoms with Crippen molar-refractivity contribution in [1.29, 1.82) is 0 Å². The zero-order valence-corrected chi connectivity index (χ0v) is 15.6. The number of benzene rings is 2. The lowest BCUT2D eigenvalue weighted by Gasteiger charge is -2.36. The largest absolute Gasteiger partial charge is 0.497 e. The SMILES string of the molecule is COc1ccc(N2CCN(CCC(O)c3cccc(OC)c3)CC2)cc1. The number of aliphatic hydroxyl groups is 1. The number of rotatable bonds is 7. The highest BCUT2D eigenvalue weighted by molar-refractivity contribution is 5.49. The summed E-state index contributed by atoms with van der Waals surface area (Å²) in [5, 5.41) is 10.4. The molecule has 1 atom stereocenters. The first kappa shape index (κ1) is 18.5. The molecular weight excluding hydrogens is 328 g/mol. The molecule has 1 N–H and O–H groups in total. The maximum absolute atomic E-state index is 10.4. The van der Waals surface area contributed by atoms with Gasteiger partial charge in [-0.2, -0.15) is 0 Å². The molecule has 0 aromatic heterocycles. The summed E-state index contributed by atoms with van der Waals surface area (Å²) in [4.78, 5) is 4.82. The van der Waals surface area contributed by atoms with Crippen LogP contribution >= 0.6 is 0 Å². The third kappa shape index (κ3) is 4.68. The van der Waals surface area contributed by atoms with Crippen molar-refractivity contribution in [2.75, 3.05) is 51.8 Å². The fourth-order valence-electron chi connectivity index (χ4n) is 3.34. The van der Waals surface area contributed by atoms with Crippen molar-refractivity contribution < 1.29 is 14.6 Å². The van der Waals surface area contributed by atoms with Crippen LogP contribution in [0.5, 0.6) is 11.5 Å². The third-order valence-corrected chi connectivity index (χ3v) is 5.01. The smallest absolute Gasteiger partial charge is 0.119 e. The van der Waals surface area contributed by atoms with E-state index in [0.717, 1.165) is 56.2 Å². The van der Waals surface area contributed by atoms with E-state index in [4.69, 9.17) is 9.47 Å². The van der Waals surface area contributed by atoms with Gasteiger partial charge in [-0.15, -0.1) is 0 Å². The Balaban J connectivity index is 1.46. The quantitative estimate of drug-likeness (QED) is 0.826. The number of ether oxygens (including phenoxy) is 2. The van der Waals surface area contributed by atoms with Crippen molar-refractivity contribution in [3.05, 3.63) is 54.1 Å². The van der Waals surface area contributed by atoms with E-state index in [1.54, 1.807) is 14.2 Å². The normalized spacial score (nSPS) is 16.3. The van der Waals surface area contributed by atoms with Crippen LogP contribution in [0.3, 0.4) is 0 Å². The topological polar surface area (TPSA) is 45.2 Å². The lowest BCUT2D eigenvalue weighted by Crippen LogP contribution is -2.46. The highest BCUT2D eigenvalue weighted by Gasteiger charge is 2.18. The second-order valence-corrected chi connectivity index (χ2v) is 6.61. The summed E-state index contributed by atoms with van der Waals surface area (Å²) in [6.07, 6.45) is 0.278. The van der Waals surface area contributed by atoms with E-state index in [1.807, 2.05) is 36.4 Å². The van der Waals surface area contributed by atoms with Crippen LogP contribution in [0.25, 0.3) is 0 Å². The maximum atomic E-state index is 10.4. The number of aliphatic hydroxyl groups excluding tert-OH is 1. The number of methoxy groups -OCH3 is 2. The number of hydrogen-bond donors (Lipinski definition) is 1. The standard InChI is InChI=1S/C21H28N2O3/c1-25-19-8-6-18(7-9-19)23-14-12-22(13-15-23)11-10-21(24)17-4-3-5-20(16-17)26-2/h3-9,16,21,24H,10-15H2,1-2H3. The van der Waals surface area contributed by atoms with Crippen LogP contribution in [0.1, 0.15) is 18.1 Å². The molecule has 0 radical (unpaired) electrons. The summed E-state index contributed by atoms with van der Waals surface area (Å²) in [6, 6.07) is 15.9. The Hall–Kier alpha value is -2.24. The van der Waals surface area contributed by atoms with Crippen LogP contribution in [-0.4, -0.2) is 56.9 Å². The summed E-state index contributed by atoms with van der Waals surface area (Å²) in [5.41, 5.74) is 2.16. The molecule has 3 rings (SSSR count). The predicted molar refractivity (Wildman–Crippen MR) is 104 cm³/mol. The second kappa shape index (κ2) is 8.92. The van der Waals surface area contributed by atoms with E-state index in [1.165, 1.54) is 5.69 Å². The first-order chi connectivity index (χ1) is 12.7. The van der Waals surface area contributed by atoms with Gasteiger partial charge in [0.05, 0.1) is 20.3 Å². The minimum absolute atomic E-state index is 0.454. The van der Waals surface area contributed by atoms with E-state index >= 15 is 0 Å². The molecule has 1 aliphatic rings. The van der Waals surface area contributed by atoms with Crippen LogP contribution in [0.4, 0.5) is 5.69 Å². The van der Waals surface area contributed by atoms with Crippen LogP contribution in [-0.2, 0) is 0 Å². The Morgan fingerprint density at radius 1 is 0.923 bits per heavy atom.